The molecule has 2 saturated heterocycles. The zero-order valence-electron chi connectivity index (χ0n) is 23.5. The fraction of sp³-hybridized carbons (Fsp3) is 0.355. The predicted octanol–water partition coefficient (Wildman–Crippen LogP) is 3.52. The third kappa shape index (κ3) is 5.05. The Kier molecular flexibility index (Phi) is 6.64. The molecule has 0 spiro atoms. The van der Waals surface area contributed by atoms with Gasteiger partial charge in [0.2, 0.25) is 0 Å². The lowest BCUT2D eigenvalue weighted by Gasteiger charge is -2.33. The van der Waals surface area contributed by atoms with Gasteiger partial charge in [0.1, 0.15) is 11.5 Å². The van der Waals surface area contributed by atoms with Crippen molar-refractivity contribution >= 4 is 28.3 Å². The van der Waals surface area contributed by atoms with Crippen molar-refractivity contribution in [2.24, 2.45) is 0 Å². The monoisotopic (exact) mass is 549 g/mol. The molecule has 5 aromatic heterocycles. The summed E-state index contributed by atoms with van der Waals surface area (Å²) in [5.41, 5.74) is 6.27. The highest BCUT2D eigenvalue weighted by molar-refractivity contribution is 6.02. The molecule has 7 heterocycles. The summed E-state index contributed by atoms with van der Waals surface area (Å²) >= 11 is 0. The first-order chi connectivity index (χ1) is 20.0. The first-order valence-electron chi connectivity index (χ1n) is 14.4. The van der Waals surface area contributed by atoms with Crippen molar-refractivity contribution in [2.45, 2.75) is 18.9 Å². The number of aromatic amines is 1. The van der Waals surface area contributed by atoms with Gasteiger partial charge >= 0.3 is 0 Å². The van der Waals surface area contributed by atoms with Gasteiger partial charge in [-0.2, -0.15) is 5.10 Å². The van der Waals surface area contributed by atoms with Crippen LogP contribution in [0.2, 0.25) is 0 Å². The van der Waals surface area contributed by atoms with Crippen LogP contribution in [0.15, 0.2) is 61.3 Å². The Balaban J connectivity index is 1.16. The number of amides is 1. The highest BCUT2D eigenvalue weighted by Crippen LogP contribution is 2.32. The normalized spacial score (nSPS) is 17.5. The maximum absolute atomic E-state index is 13.2. The molecule has 0 radical (unpaired) electrons. The first kappa shape index (κ1) is 25.7. The number of H-pyrrole nitrogens is 1. The number of rotatable bonds is 5. The van der Waals surface area contributed by atoms with Gasteiger partial charge in [-0.25, -0.2) is 14.5 Å². The molecule has 2 N–H and O–H groups in total. The summed E-state index contributed by atoms with van der Waals surface area (Å²) in [6, 6.07) is 10.7. The van der Waals surface area contributed by atoms with Crippen LogP contribution < -0.4 is 10.2 Å². The summed E-state index contributed by atoms with van der Waals surface area (Å²) < 4.78 is 1.76. The van der Waals surface area contributed by atoms with Gasteiger partial charge in [-0.3, -0.25) is 4.79 Å². The van der Waals surface area contributed by atoms with Crippen molar-refractivity contribution in [3.63, 3.8) is 0 Å². The van der Waals surface area contributed by atoms with Crippen LogP contribution in [0, 0.1) is 0 Å². The minimum absolute atomic E-state index is 0.0675. The van der Waals surface area contributed by atoms with E-state index in [0.29, 0.717) is 5.56 Å². The third-order valence-electron chi connectivity index (χ3n) is 8.57. The molecule has 0 atom stereocenters. The molecule has 1 amide bonds. The van der Waals surface area contributed by atoms with Crippen molar-refractivity contribution in [1.29, 1.82) is 0 Å². The Hall–Kier alpha value is -4.28. The summed E-state index contributed by atoms with van der Waals surface area (Å²) in [6.45, 7) is 6.08. The van der Waals surface area contributed by atoms with Gasteiger partial charge in [0.15, 0.2) is 0 Å². The number of hydrogen-bond acceptors (Lipinski definition) is 7. The molecule has 0 saturated carbocycles. The van der Waals surface area contributed by atoms with Crippen molar-refractivity contribution in [1.82, 2.24) is 39.7 Å². The number of fused-ring (bicyclic) bond motifs is 2. The van der Waals surface area contributed by atoms with Crippen LogP contribution in [0.4, 0.5) is 5.82 Å². The summed E-state index contributed by atoms with van der Waals surface area (Å²) in [6.07, 6.45) is 11.3. The Bertz CT molecular complexity index is 1690. The van der Waals surface area contributed by atoms with Crippen molar-refractivity contribution in [3.8, 4) is 22.3 Å². The van der Waals surface area contributed by atoms with E-state index in [-0.39, 0.29) is 11.9 Å². The smallest absolute Gasteiger partial charge is 0.255 e. The van der Waals surface area contributed by atoms with Crippen LogP contribution in [-0.4, -0.2) is 99.7 Å². The first-order valence-corrected chi connectivity index (χ1v) is 14.4. The number of likely N-dealkylation sites (N-methyl/N-ethyl adjacent to an activating group) is 1. The molecule has 10 heteroatoms. The van der Waals surface area contributed by atoms with E-state index in [4.69, 9.17) is 9.97 Å². The number of anilines is 1. The second kappa shape index (κ2) is 10.6. The van der Waals surface area contributed by atoms with Crippen LogP contribution in [-0.2, 0) is 0 Å². The van der Waals surface area contributed by atoms with E-state index in [1.807, 2.05) is 36.9 Å². The molecule has 10 nitrogen and oxygen atoms in total. The quantitative estimate of drug-likeness (QED) is 0.346. The molecule has 0 bridgehead atoms. The summed E-state index contributed by atoms with van der Waals surface area (Å²) in [5, 5.41) is 8.69. The molecule has 5 aromatic rings. The Morgan fingerprint density at radius 1 is 0.878 bits per heavy atom. The number of nitrogens with one attached hydrogen (secondary N) is 2. The molecule has 2 fully saturated rings. The average Bonchev–Trinajstić information content (AvgIpc) is 3.62. The van der Waals surface area contributed by atoms with E-state index < -0.39 is 0 Å². The number of carbonyl (C=O) groups excluding carboxylic acids is 1. The van der Waals surface area contributed by atoms with Gasteiger partial charge in [-0.1, -0.05) is 0 Å². The lowest BCUT2D eigenvalue weighted by atomic mass is 10.0. The molecule has 7 rings (SSSR count). The number of hydrogen-bond donors (Lipinski definition) is 2. The van der Waals surface area contributed by atoms with E-state index in [2.05, 4.69) is 62.4 Å². The average molecular weight is 550 g/mol. The van der Waals surface area contributed by atoms with E-state index >= 15 is 0 Å². The molecule has 0 aliphatic carbocycles. The summed E-state index contributed by atoms with van der Waals surface area (Å²) in [7, 11) is 4.28. The molecular formula is C31H35N9O. The highest BCUT2D eigenvalue weighted by atomic mass is 16.1. The second-order valence-electron chi connectivity index (χ2n) is 11.4. The highest BCUT2D eigenvalue weighted by Gasteiger charge is 2.22. The van der Waals surface area contributed by atoms with Gasteiger partial charge in [-0.15, -0.1) is 0 Å². The van der Waals surface area contributed by atoms with Crippen molar-refractivity contribution in [2.75, 3.05) is 58.3 Å². The topological polar surface area (TPSA) is 97.7 Å². The molecular weight excluding hydrogens is 514 g/mol. The zero-order valence-corrected chi connectivity index (χ0v) is 23.5. The van der Waals surface area contributed by atoms with Gasteiger partial charge < -0.3 is 25.0 Å². The van der Waals surface area contributed by atoms with E-state index in [1.165, 1.54) is 0 Å². The number of aromatic nitrogens is 5. The van der Waals surface area contributed by atoms with Crippen LogP contribution in [0.5, 0.6) is 0 Å². The van der Waals surface area contributed by atoms with Crippen LogP contribution in [0.25, 0.3) is 38.8 Å². The number of likely N-dealkylation sites (tertiary alicyclic amines) is 1. The van der Waals surface area contributed by atoms with Crippen LogP contribution in [0.3, 0.4) is 0 Å². The van der Waals surface area contributed by atoms with Gasteiger partial charge in [-0.05, 0) is 75.9 Å². The summed E-state index contributed by atoms with van der Waals surface area (Å²) in [4.78, 5) is 33.0. The zero-order chi connectivity index (χ0) is 27.9. The second-order valence-corrected chi connectivity index (χ2v) is 11.4. The number of pyridine rings is 3. The molecule has 210 valence electrons. The SMILES string of the molecule is CN1CCC(NC(=O)c2cnn3ccc(-c4c[nH]c5ncc(-c6ccc(N7CCN(C)CC7)nc6)cc45)cc23)CC1. The van der Waals surface area contributed by atoms with E-state index in [0.717, 1.165) is 96.7 Å². The number of nitrogens with zero attached hydrogens (tertiary/aromatic N) is 7. The molecule has 41 heavy (non-hydrogen) atoms. The lowest BCUT2D eigenvalue weighted by molar-refractivity contribution is 0.0918. The summed E-state index contributed by atoms with van der Waals surface area (Å²) in [5.74, 6) is 0.949. The molecule has 0 unspecified atom stereocenters. The molecule has 2 aliphatic rings. The Labute approximate surface area is 239 Å². The van der Waals surface area contributed by atoms with Crippen molar-refractivity contribution < 1.29 is 4.79 Å². The third-order valence-corrected chi connectivity index (χ3v) is 8.57. The fourth-order valence-electron chi connectivity index (χ4n) is 5.92. The number of piperidine rings is 1. The number of piperazine rings is 1. The van der Waals surface area contributed by atoms with Crippen molar-refractivity contribution in [3.05, 3.63) is 66.9 Å². The fourth-order valence-corrected chi connectivity index (χ4v) is 5.92. The van der Waals surface area contributed by atoms with Gasteiger partial charge in [0, 0.05) is 79.1 Å². The van der Waals surface area contributed by atoms with E-state index in [9.17, 15) is 4.79 Å². The standard InChI is InChI=1S/C31H35N9O/c1-37-8-6-24(7-9-37)36-31(41)27-20-35-40-10-5-21(16-28(27)40)26-19-34-30-25(26)15-23(18-33-30)22-3-4-29(32-17-22)39-13-11-38(2)12-14-39/h3-5,10,15-20,24H,6-9,11-14H2,1-2H3,(H,33,34)(H,36,41). The lowest BCUT2D eigenvalue weighted by Crippen LogP contribution is -2.44. The predicted molar refractivity (Wildman–Crippen MR) is 161 cm³/mol. The Morgan fingerprint density at radius 3 is 2.44 bits per heavy atom. The van der Waals surface area contributed by atoms with Crippen LogP contribution >= 0.6 is 0 Å². The largest absolute Gasteiger partial charge is 0.354 e. The molecule has 2 aliphatic heterocycles. The maximum Gasteiger partial charge on any atom is 0.255 e. The maximum atomic E-state index is 13.2. The minimum Gasteiger partial charge on any atom is -0.354 e. The minimum atomic E-state index is -0.0675. The van der Waals surface area contributed by atoms with Gasteiger partial charge in [0.05, 0.1) is 17.3 Å². The van der Waals surface area contributed by atoms with Crippen LogP contribution in [0.1, 0.15) is 23.2 Å². The van der Waals surface area contributed by atoms with E-state index in [1.54, 1.807) is 10.7 Å². The molecule has 0 aromatic carbocycles. The Morgan fingerprint density at radius 2 is 1.66 bits per heavy atom. The van der Waals surface area contributed by atoms with Gasteiger partial charge in [0.25, 0.3) is 5.91 Å². The number of carbonyl (C=O) groups is 1.